The summed E-state index contributed by atoms with van der Waals surface area (Å²) in [6.07, 6.45) is 1.51. The Labute approximate surface area is 122 Å². The van der Waals surface area contributed by atoms with Gasteiger partial charge in [-0.15, -0.1) is 0 Å². The number of nitrogens with zero attached hydrogens (tertiary/aromatic N) is 1. The smallest absolute Gasteiger partial charge is 0.341 e. The molecule has 0 radical (unpaired) electrons. The van der Waals surface area contributed by atoms with E-state index in [0.717, 1.165) is 0 Å². The second kappa shape index (κ2) is 4.86. The lowest BCUT2D eigenvalue weighted by atomic mass is 10.0. The van der Waals surface area contributed by atoms with Crippen molar-refractivity contribution in [2.75, 3.05) is 0 Å². The number of aromatic carboxylic acids is 1. The van der Waals surface area contributed by atoms with Crippen LogP contribution in [0.3, 0.4) is 0 Å². The van der Waals surface area contributed by atoms with Gasteiger partial charge in [-0.1, -0.05) is 6.92 Å². The Kier molecular flexibility index (Phi) is 3.23. The van der Waals surface area contributed by atoms with Crippen molar-refractivity contribution in [3.05, 3.63) is 45.0 Å². The van der Waals surface area contributed by atoms with Crippen LogP contribution in [0, 0.1) is 17.5 Å². The highest BCUT2D eigenvalue weighted by Gasteiger charge is 2.33. The van der Waals surface area contributed by atoms with E-state index in [0.29, 0.717) is 18.9 Å². The second-order valence-corrected chi connectivity index (χ2v) is 5.29. The zero-order valence-electron chi connectivity index (χ0n) is 11.6. The van der Waals surface area contributed by atoms with Crippen LogP contribution in [0.15, 0.2) is 10.9 Å². The third-order valence-corrected chi connectivity index (χ3v) is 3.89. The maximum absolute atomic E-state index is 14.2. The lowest BCUT2D eigenvalue weighted by molar-refractivity contribution is 0.0693. The summed E-state index contributed by atoms with van der Waals surface area (Å²) in [5, 5.41) is 8.84. The van der Waals surface area contributed by atoms with E-state index >= 15 is 0 Å². The van der Waals surface area contributed by atoms with Gasteiger partial charge >= 0.3 is 5.97 Å². The molecule has 0 atom stereocenters. The van der Waals surface area contributed by atoms with Gasteiger partial charge in [0.25, 0.3) is 0 Å². The Bertz CT molecular complexity index is 869. The van der Waals surface area contributed by atoms with Gasteiger partial charge in [0, 0.05) is 11.7 Å². The van der Waals surface area contributed by atoms with Crippen molar-refractivity contribution in [3.8, 4) is 0 Å². The first-order chi connectivity index (χ1) is 10.4. The number of carboxylic acid groups (broad SMARTS) is 1. The van der Waals surface area contributed by atoms with Gasteiger partial charge < -0.3 is 9.67 Å². The van der Waals surface area contributed by atoms with Crippen LogP contribution in [-0.2, 0) is 6.42 Å². The van der Waals surface area contributed by atoms with Crippen LogP contribution in [-0.4, -0.2) is 15.6 Å². The third kappa shape index (κ3) is 1.92. The van der Waals surface area contributed by atoms with Gasteiger partial charge in [0.05, 0.1) is 10.9 Å². The Morgan fingerprint density at radius 1 is 1.32 bits per heavy atom. The molecule has 2 aromatic rings. The summed E-state index contributed by atoms with van der Waals surface area (Å²) in [6, 6.07) is 0.372. The number of carbonyl (C=O) groups is 1. The Morgan fingerprint density at radius 2 is 1.95 bits per heavy atom. The second-order valence-electron chi connectivity index (χ2n) is 5.29. The van der Waals surface area contributed by atoms with Crippen molar-refractivity contribution in [3.63, 3.8) is 0 Å². The minimum atomic E-state index is -1.66. The highest BCUT2D eigenvalue weighted by molar-refractivity contribution is 5.94. The molecular formula is C15H12F3NO3. The van der Waals surface area contributed by atoms with Crippen LogP contribution in [0.25, 0.3) is 10.9 Å². The van der Waals surface area contributed by atoms with Gasteiger partial charge in [-0.2, -0.15) is 0 Å². The molecule has 1 heterocycles. The van der Waals surface area contributed by atoms with E-state index in [1.807, 2.05) is 0 Å². The van der Waals surface area contributed by atoms with Gasteiger partial charge in [0.15, 0.2) is 17.5 Å². The lowest BCUT2D eigenvalue weighted by Crippen LogP contribution is -2.25. The predicted molar refractivity (Wildman–Crippen MR) is 72.7 cm³/mol. The third-order valence-electron chi connectivity index (χ3n) is 3.89. The number of halogens is 3. The van der Waals surface area contributed by atoms with Gasteiger partial charge in [0.1, 0.15) is 5.56 Å². The largest absolute Gasteiger partial charge is 0.477 e. The Morgan fingerprint density at radius 3 is 2.45 bits per heavy atom. The van der Waals surface area contributed by atoms with E-state index in [4.69, 9.17) is 0 Å². The van der Waals surface area contributed by atoms with Crippen molar-refractivity contribution in [2.24, 2.45) is 0 Å². The van der Waals surface area contributed by atoms with Crippen molar-refractivity contribution in [2.45, 2.75) is 32.2 Å². The lowest BCUT2D eigenvalue weighted by Gasteiger charge is -2.18. The van der Waals surface area contributed by atoms with Crippen LogP contribution >= 0.6 is 0 Å². The molecule has 4 nitrogen and oxygen atoms in total. The highest BCUT2D eigenvalue weighted by Crippen LogP contribution is 2.40. The number of hydrogen-bond acceptors (Lipinski definition) is 2. The molecule has 1 N–H and O–H groups in total. The molecule has 1 saturated carbocycles. The summed E-state index contributed by atoms with van der Waals surface area (Å²) in [5.74, 6) is -6.08. The van der Waals surface area contributed by atoms with E-state index < -0.39 is 39.8 Å². The minimum Gasteiger partial charge on any atom is -0.477 e. The number of hydrogen-bond donors (Lipinski definition) is 1. The summed E-state index contributed by atoms with van der Waals surface area (Å²) in [5.41, 5.74) is -1.72. The van der Waals surface area contributed by atoms with Crippen LogP contribution in [0.4, 0.5) is 13.2 Å². The molecule has 0 amide bonds. The topological polar surface area (TPSA) is 59.3 Å². The molecule has 1 aliphatic rings. The highest BCUT2D eigenvalue weighted by atomic mass is 19.2. The van der Waals surface area contributed by atoms with Crippen LogP contribution < -0.4 is 5.43 Å². The van der Waals surface area contributed by atoms with E-state index in [-0.39, 0.29) is 23.7 Å². The van der Waals surface area contributed by atoms with Crippen LogP contribution in [0.2, 0.25) is 0 Å². The first kappa shape index (κ1) is 14.6. The molecule has 0 spiro atoms. The fourth-order valence-electron chi connectivity index (χ4n) is 2.82. The van der Waals surface area contributed by atoms with Crippen molar-refractivity contribution in [1.29, 1.82) is 0 Å². The molecule has 0 bridgehead atoms. The molecular weight excluding hydrogens is 299 g/mol. The van der Waals surface area contributed by atoms with Gasteiger partial charge in [-0.05, 0) is 25.3 Å². The molecule has 0 saturated heterocycles. The molecule has 7 heteroatoms. The monoisotopic (exact) mass is 311 g/mol. The van der Waals surface area contributed by atoms with E-state index in [2.05, 4.69) is 0 Å². The summed E-state index contributed by atoms with van der Waals surface area (Å²) in [7, 11) is 0. The fraction of sp³-hybridized carbons (Fsp3) is 0.333. The van der Waals surface area contributed by atoms with Crippen molar-refractivity contribution >= 4 is 16.9 Å². The normalized spacial score (nSPS) is 14.5. The first-order valence-corrected chi connectivity index (χ1v) is 6.86. The number of carboxylic acids is 1. The van der Waals surface area contributed by atoms with Crippen LogP contribution in [0.5, 0.6) is 0 Å². The Hall–Kier alpha value is -2.31. The summed E-state index contributed by atoms with van der Waals surface area (Å²) < 4.78 is 42.6. The minimum absolute atomic E-state index is 0.136. The molecule has 22 heavy (non-hydrogen) atoms. The predicted octanol–water partition coefficient (Wildman–Crippen LogP) is 3.01. The number of aromatic nitrogens is 1. The fourth-order valence-corrected chi connectivity index (χ4v) is 2.82. The maximum Gasteiger partial charge on any atom is 0.341 e. The van der Waals surface area contributed by atoms with E-state index in [1.165, 1.54) is 4.57 Å². The van der Waals surface area contributed by atoms with Gasteiger partial charge in [0.2, 0.25) is 5.43 Å². The quantitative estimate of drug-likeness (QED) is 0.886. The zero-order valence-corrected chi connectivity index (χ0v) is 11.6. The molecule has 3 rings (SSSR count). The standard InChI is InChI=1S/C15H12F3NO3/c1-2-9-10(15(21)22)14(20)7-5-8(16)11(17)12(18)13(7)19(9)6-3-4-6/h5-6H,2-4H2,1H3,(H,21,22). The van der Waals surface area contributed by atoms with E-state index in [1.54, 1.807) is 6.92 Å². The number of rotatable bonds is 3. The van der Waals surface area contributed by atoms with Gasteiger partial charge in [-0.25, -0.2) is 18.0 Å². The Balaban J connectivity index is 2.61. The van der Waals surface area contributed by atoms with E-state index in [9.17, 15) is 27.9 Å². The molecule has 1 aromatic heterocycles. The summed E-state index contributed by atoms with van der Waals surface area (Å²) >= 11 is 0. The average molecular weight is 311 g/mol. The molecule has 0 aliphatic heterocycles. The summed E-state index contributed by atoms with van der Waals surface area (Å²) in [4.78, 5) is 23.7. The van der Waals surface area contributed by atoms with Crippen molar-refractivity contribution in [1.82, 2.24) is 4.57 Å². The summed E-state index contributed by atoms with van der Waals surface area (Å²) in [6.45, 7) is 1.63. The average Bonchev–Trinajstić information content (AvgIpc) is 3.29. The number of pyridine rings is 1. The maximum atomic E-state index is 14.2. The number of benzene rings is 1. The molecule has 1 fully saturated rings. The first-order valence-electron chi connectivity index (χ1n) is 6.86. The molecule has 116 valence electrons. The van der Waals surface area contributed by atoms with Gasteiger partial charge in [-0.3, -0.25) is 4.79 Å². The number of fused-ring (bicyclic) bond motifs is 1. The SMILES string of the molecule is CCc1c(C(=O)O)c(=O)c2cc(F)c(F)c(F)c2n1C1CC1. The molecule has 0 unspecified atom stereocenters. The molecule has 1 aromatic carbocycles. The zero-order chi connectivity index (χ0) is 16.2. The van der Waals surface area contributed by atoms with Crippen LogP contribution in [0.1, 0.15) is 41.9 Å². The van der Waals surface area contributed by atoms with Crippen molar-refractivity contribution < 1.29 is 23.1 Å². The molecule has 1 aliphatic carbocycles.